The third-order valence-electron chi connectivity index (χ3n) is 2.01. The summed E-state index contributed by atoms with van der Waals surface area (Å²) >= 11 is 0. The van der Waals surface area contributed by atoms with Gasteiger partial charge in [-0.3, -0.25) is 0 Å². The smallest absolute Gasteiger partial charge is 0.334 e. The number of ether oxygens (including phenoxy) is 1. The highest BCUT2D eigenvalue weighted by Crippen LogP contribution is 2.46. The molecule has 1 atom stereocenters. The third kappa shape index (κ3) is 0.479. The quantitative estimate of drug-likeness (QED) is 0.485. The summed E-state index contributed by atoms with van der Waals surface area (Å²) in [6.45, 7) is 2.70. The molecule has 2 nitrogen and oxygen atoms in total. The normalized spacial score (nSPS) is 30.3. The van der Waals surface area contributed by atoms with Crippen molar-refractivity contribution < 1.29 is 9.53 Å². The van der Waals surface area contributed by atoms with Crippen LogP contribution in [-0.4, -0.2) is 12.6 Å². The molecule has 0 amide bonds. The predicted molar refractivity (Wildman–Crippen MR) is 31.8 cm³/mol. The average molecular weight is 124 g/mol. The third-order valence-corrected chi connectivity index (χ3v) is 2.01. The Balaban J connectivity index is 2.24. The summed E-state index contributed by atoms with van der Waals surface area (Å²) in [4.78, 5) is 10.7. The van der Waals surface area contributed by atoms with E-state index < -0.39 is 0 Å². The number of fused-ring (bicyclic) bond motifs is 1. The van der Waals surface area contributed by atoms with E-state index in [1.807, 2.05) is 0 Å². The van der Waals surface area contributed by atoms with E-state index in [9.17, 15) is 4.79 Å². The zero-order chi connectivity index (χ0) is 6.43. The first-order valence-electron chi connectivity index (χ1n) is 3.24. The van der Waals surface area contributed by atoms with E-state index in [0.29, 0.717) is 12.5 Å². The van der Waals surface area contributed by atoms with Crippen molar-refractivity contribution in [1.82, 2.24) is 0 Å². The van der Waals surface area contributed by atoms with E-state index in [1.165, 1.54) is 5.57 Å². The predicted octanol–water partition coefficient (Wildman–Crippen LogP) is 0.880. The van der Waals surface area contributed by atoms with Crippen molar-refractivity contribution in [2.45, 2.75) is 13.3 Å². The van der Waals surface area contributed by atoms with Gasteiger partial charge in [-0.05, 0) is 12.0 Å². The number of cyclic esters (lactones) is 1. The van der Waals surface area contributed by atoms with E-state index in [1.54, 1.807) is 0 Å². The molecule has 0 aromatic carbocycles. The molecule has 2 rings (SSSR count). The Labute approximate surface area is 53.5 Å². The molecule has 48 valence electrons. The number of rotatable bonds is 1. The lowest BCUT2D eigenvalue weighted by Gasteiger charge is -1.92. The van der Waals surface area contributed by atoms with Crippen LogP contribution in [0.4, 0.5) is 0 Å². The molecule has 0 radical (unpaired) electrons. The van der Waals surface area contributed by atoms with E-state index >= 15 is 0 Å². The minimum atomic E-state index is -0.0724. The fraction of sp³-hybridized carbons (Fsp3) is 0.571. The summed E-state index contributed by atoms with van der Waals surface area (Å²) in [6, 6.07) is 0. The molecule has 1 saturated heterocycles. The Hall–Kier alpha value is -0.790. The van der Waals surface area contributed by atoms with Crippen LogP contribution in [0, 0.1) is 5.92 Å². The maximum Gasteiger partial charge on any atom is 0.334 e. The molecule has 1 heterocycles. The molecule has 1 aliphatic carbocycles. The van der Waals surface area contributed by atoms with E-state index in [0.717, 1.165) is 12.0 Å². The van der Waals surface area contributed by atoms with Crippen LogP contribution < -0.4 is 0 Å². The maximum absolute atomic E-state index is 10.7. The second kappa shape index (κ2) is 1.38. The number of carbonyl (C=O) groups is 1. The van der Waals surface area contributed by atoms with Gasteiger partial charge in [0.2, 0.25) is 0 Å². The topological polar surface area (TPSA) is 26.3 Å². The minimum Gasteiger partial charge on any atom is -0.461 e. The molecule has 1 fully saturated rings. The fourth-order valence-corrected chi connectivity index (χ4v) is 1.45. The minimum absolute atomic E-state index is 0.0724. The average Bonchev–Trinajstić information content (AvgIpc) is 2.46. The van der Waals surface area contributed by atoms with Crippen LogP contribution in [0.1, 0.15) is 13.3 Å². The van der Waals surface area contributed by atoms with Crippen molar-refractivity contribution in [1.29, 1.82) is 0 Å². The summed E-state index contributed by atoms with van der Waals surface area (Å²) in [5.41, 5.74) is 2.30. The summed E-state index contributed by atoms with van der Waals surface area (Å²) in [6.07, 6.45) is 1.02. The van der Waals surface area contributed by atoms with Gasteiger partial charge >= 0.3 is 5.97 Å². The number of hydrogen-bond acceptors (Lipinski definition) is 2. The Kier molecular flexibility index (Phi) is 0.770. The van der Waals surface area contributed by atoms with Crippen molar-refractivity contribution in [3.05, 3.63) is 11.1 Å². The van der Waals surface area contributed by atoms with Gasteiger partial charge in [0.05, 0.1) is 0 Å². The van der Waals surface area contributed by atoms with Gasteiger partial charge in [-0.2, -0.15) is 0 Å². The molecular formula is C7H8O2. The highest BCUT2D eigenvalue weighted by molar-refractivity contribution is 5.98. The first-order valence-corrected chi connectivity index (χ1v) is 3.24. The molecule has 0 N–H and O–H groups in total. The second-order valence-electron chi connectivity index (χ2n) is 2.44. The monoisotopic (exact) mass is 124 g/mol. The van der Waals surface area contributed by atoms with Crippen LogP contribution >= 0.6 is 0 Å². The Bertz CT molecular complexity index is 203. The molecule has 0 bridgehead atoms. The van der Waals surface area contributed by atoms with Crippen LogP contribution in [0.15, 0.2) is 11.1 Å². The molecule has 0 aromatic rings. The largest absolute Gasteiger partial charge is 0.461 e. The standard InChI is InChI=1S/C7H8O2/c1-2-4-5-3-9-7(8)6(4)5/h5H,2-3H2,1H3. The van der Waals surface area contributed by atoms with Crippen molar-refractivity contribution >= 4 is 5.97 Å². The van der Waals surface area contributed by atoms with Gasteiger partial charge in [-0.1, -0.05) is 6.92 Å². The van der Waals surface area contributed by atoms with Gasteiger partial charge in [-0.15, -0.1) is 0 Å². The molecule has 2 aliphatic rings. The van der Waals surface area contributed by atoms with Crippen molar-refractivity contribution in [3.63, 3.8) is 0 Å². The van der Waals surface area contributed by atoms with E-state index in [4.69, 9.17) is 4.74 Å². The molecular weight excluding hydrogens is 116 g/mol. The van der Waals surface area contributed by atoms with Crippen LogP contribution in [-0.2, 0) is 9.53 Å². The fourth-order valence-electron chi connectivity index (χ4n) is 1.45. The molecule has 0 saturated carbocycles. The van der Waals surface area contributed by atoms with Gasteiger partial charge in [0, 0.05) is 11.5 Å². The summed E-state index contributed by atoms with van der Waals surface area (Å²) in [5, 5.41) is 0. The Morgan fingerprint density at radius 2 is 2.56 bits per heavy atom. The SMILES string of the molecule is CCC1=C2C(=O)OCC12. The number of hydrogen-bond donors (Lipinski definition) is 0. The summed E-state index contributed by atoms with van der Waals surface area (Å²) in [7, 11) is 0. The Morgan fingerprint density at radius 1 is 1.78 bits per heavy atom. The zero-order valence-corrected chi connectivity index (χ0v) is 5.31. The lowest BCUT2D eigenvalue weighted by Crippen LogP contribution is -1.95. The van der Waals surface area contributed by atoms with Crippen molar-refractivity contribution in [3.8, 4) is 0 Å². The first-order chi connectivity index (χ1) is 4.34. The lowest BCUT2D eigenvalue weighted by molar-refractivity contribution is -0.135. The molecule has 1 aliphatic heterocycles. The van der Waals surface area contributed by atoms with Gasteiger partial charge in [0.15, 0.2) is 0 Å². The highest BCUT2D eigenvalue weighted by Gasteiger charge is 2.46. The lowest BCUT2D eigenvalue weighted by atomic mass is 10.2. The first kappa shape index (κ1) is 5.03. The molecule has 9 heavy (non-hydrogen) atoms. The van der Waals surface area contributed by atoms with Gasteiger partial charge in [-0.25, -0.2) is 4.79 Å². The highest BCUT2D eigenvalue weighted by atomic mass is 16.5. The van der Waals surface area contributed by atoms with Gasteiger partial charge in [0.1, 0.15) is 6.61 Å². The van der Waals surface area contributed by atoms with Crippen LogP contribution in [0.2, 0.25) is 0 Å². The van der Waals surface area contributed by atoms with E-state index in [-0.39, 0.29) is 5.97 Å². The van der Waals surface area contributed by atoms with Crippen LogP contribution in [0.5, 0.6) is 0 Å². The molecule has 0 spiro atoms. The van der Waals surface area contributed by atoms with E-state index in [2.05, 4.69) is 6.92 Å². The van der Waals surface area contributed by atoms with Crippen LogP contribution in [0.25, 0.3) is 0 Å². The number of carbonyl (C=O) groups excluding carboxylic acids is 1. The molecule has 0 aromatic heterocycles. The Morgan fingerprint density at radius 3 is 2.89 bits per heavy atom. The van der Waals surface area contributed by atoms with Gasteiger partial charge in [0.25, 0.3) is 0 Å². The number of esters is 1. The summed E-state index contributed by atoms with van der Waals surface area (Å²) < 4.78 is 4.75. The van der Waals surface area contributed by atoms with Gasteiger partial charge < -0.3 is 4.74 Å². The second-order valence-corrected chi connectivity index (χ2v) is 2.44. The van der Waals surface area contributed by atoms with Crippen LogP contribution in [0.3, 0.4) is 0 Å². The molecule has 1 unspecified atom stereocenters. The summed E-state index contributed by atoms with van der Waals surface area (Å²) in [5.74, 6) is 0.361. The maximum atomic E-state index is 10.7. The van der Waals surface area contributed by atoms with Crippen molar-refractivity contribution in [2.75, 3.05) is 6.61 Å². The molecule has 2 heteroatoms. The zero-order valence-electron chi connectivity index (χ0n) is 5.31. The van der Waals surface area contributed by atoms with Crippen molar-refractivity contribution in [2.24, 2.45) is 5.92 Å².